The SMILES string of the molecule is CC1=C(C(N)=O)[C@@H](c2ccccc2)N2C(c3ccc(C4CCCCC4)cc3)=CSC2=N1. The summed E-state index contributed by atoms with van der Waals surface area (Å²) in [5, 5.41) is 3.03. The van der Waals surface area contributed by atoms with Crippen LogP contribution < -0.4 is 5.73 Å². The molecule has 158 valence electrons. The number of carbonyl (C=O) groups is 1. The lowest BCUT2D eigenvalue weighted by molar-refractivity contribution is -0.115. The third kappa shape index (κ3) is 3.72. The van der Waals surface area contributed by atoms with Crippen LogP contribution in [0.4, 0.5) is 0 Å². The summed E-state index contributed by atoms with van der Waals surface area (Å²) < 4.78 is 0. The number of amidine groups is 1. The fourth-order valence-electron chi connectivity index (χ4n) is 5.02. The standard InChI is InChI=1S/C26H27N3OS/c1-17-23(25(27)30)24(21-10-6-3-7-11-21)29-22(16-31-26(29)28-17)20-14-12-19(13-15-20)18-8-4-2-5-9-18/h3,6-7,10-16,18,24H,2,4-5,8-9H2,1H3,(H2,27,30)/t24-/m1/s1. The average Bonchev–Trinajstić information content (AvgIpc) is 3.22. The van der Waals surface area contributed by atoms with Crippen molar-refractivity contribution >= 4 is 28.5 Å². The van der Waals surface area contributed by atoms with E-state index in [2.05, 4.69) is 46.7 Å². The van der Waals surface area contributed by atoms with Crippen LogP contribution in [0.1, 0.15) is 67.7 Å². The Bertz CT molecular complexity index is 1080. The molecule has 2 N–H and O–H groups in total. The molecule has 1 aliphatic carbocycles. The van der Waals surface area contributed by atoms with Gasteiger partial charge in [-0.1, -0.05) is 85.6 Å². The van der Waals surface area contributed by atoms with Gasteiger partial charge in [-0.25, -0.2) is 4.99 Å². The Morgan fingerprint density at radius 3 is 2.39 bits per heavy atom. The van der Waals surface area contributed by atoms with Gasteiger partial charge in [0.1, 0.15) is 0 Å². The monoisotopic (exact) mass is 429 g/mol. The van der Waals surface area contributed by atoms with Crippen molar-refractivity contribution in [3.8, 4) is 0 Å². The van der Waals surface area contributed by atoms with Crippen LogP contribution in [0.25, 0.3) is 5.70 Å². The summed E-state index contributed by atoms with van der Waals surface area (Å²) in [6, 6.07) is 18.8. The Labute approximate surface area is 187 Å². The third-order valence-electron chi connectivity index (χ3n) is 6.59. The van der Waals surface area contributed by atoms with Gasteiger partial charge >= 0.3 is 0 Å². The van der Waals surface area contributed by atoms with E-state index in [0.29, 0.717) is 17.2 Å². The van der Waals surface area contributed by atoms with E-state index in [1.54, 1.807) is 11.8 Å². The van der Waals surface area contributed by atoms with Gasteiger partial charge in [0.2, 0.25) is 5.91 Å². The van der Waals surface area contributed by atoms with Crippen molar-refractivity contribution in [3.05, 3.63) is 88.0 Å². The largest absolute Gasteiger partial charge is 0.366 e. The molecular weight excluding hydrogens is 402 g/mol. The number of nitrogens with two attached hydrogens (primary N) is 1. The Kier molecular flexibility index (Phi) is 5.45. The number of thioether (sulfide) groups is 1. The minimum absolute atomic E-state index is 0.273. The highest BCUT2D eigenvalue weighted by molar-refractivity contribution is 8.16. The molecule has 4 nitrogen and oxygen atoms in total. The molecule has 5 heteroatoms. The van der Waals surface area contributed by atoms with Gasteiger partial charge < -0.3 is 10.6 Å². The van der Waals surface area contributed by atoms with Gasteiger partial charge in [0.25, 0.3) is 0 Å². The number of hydrogen-bond donors (Lipinski definition) is 1. The van der Waals surface area contributed by atoms with Gasteiger partial charge in [0.05, 0.1) is 23.0 Å². The number of fused-ring (bicyclic) bond motifs is 1. The zero-order valence-corrected chi connectivity index (χ0v) is 18.6. The van der Waals surface area contributed by atoms with Crippen LogP contribution in [0, 0.1) is 0 Å². The molecule has 0 bridgehead atoms. The summed E-state index contributed by atoms with van der Waals surface area (Å²) in [6.07, 6.45) is 6.63. The van der Waals surface area contributed by atoms with Gasteiger partial charge in [0.15, 0.2) is 5.17 Å². The summed E-state index contributed by atoms with van der Waals surface area (Å²) in [7, 11) is 0. The lowest BCUT2D eigenvalue weighted by atomic mass is 9.84. The number of primary amides is 1. The smallest absolute Gasteiger partial charge is 0.248 e. The predicted octanol–water partition coefficient (Wildman–Crippen LogP) is 5.95. The summed E-state index contributed by atoms with van der Waals surface area (Å²) in [5.41, 5.74) is 11.8. The molecule has 2 aromatic rings. The summed E-state index contributed by atoms with van der Waals surface area (Å²) in [5.74, 6) is 0.268. The lowest BCUT2D eigenvalue weighted by Crippen LogP contribution is -2.37. The molecule has 5 rings (SSSR count). The second-order valence-corrected chi connectivity index (χ2v) is 9.36. The van der Waals surface area contributed by atoms with Gasteiger partial charge in [-0.05, 0) is 42.4 Å². The molecule has 3 aliphatic rings. The maximum Gasteiger partial charge on any atom is 0.248 e. The average molecular weight is 430 g/mol. The second kappa shape index (κ2) is 8.39. The molecule has 0 unspecified atom stereocenters. The van der Waals surface area contributed by atoms with Gasteiger partial charge in [-0.15, -0.1) is 0 Å². The van der Waals surface area contributed by atoms with E-state index < -0.39 is 5.91 Å². The highest BCUT2D eigenvalue weighted by Gasteiger charge is 2.39. The van der Waals surface area contributed by atoms with E-state index >= 15 is 0 Å². The minimum Gasteiger partial charge on any atom is -0.366 e. The van der Waals surface area contributed by atoms with E-state index in [1.807, 2.05) is 25.1 Å². The molecule has 0 saturated heterocycles. The van der Waals surface area contributed by atoms with E-state index in [9.17, 15) is 4.79 Å². The molecule has 0 spiro atoms. The molecule has 1 atom stereocenters. The molecule has 31 heavy (non-hydrogen) atoms. The number of amides is 1. The van der Waals surface area contributed by atoms with Crippen molar-refractivity contribution in [2.75, 3.05) is 0 Å². The highest BCUT2D eigenvalue weighted by Crippen LogP contribution is 2.46. The molecule has 0 aromatic heterocycles. The van der Waals surface area contributed by atoms with E-state index in [0.717, 1.165) is 22.0 Å². The third-order valence-corrected chi connectivity index (χ3v) is 7.43. The summed E-state index contributed by atoms with van der Waals surface area (Å²) in [6.45, 7) is 1.87. The first-order chi connectivity index (χ1) is 15.1. The minimum atomic E-state index is -0.418. The normalized spacial score (nSPS) is 21.6. The van der Waals surface area contributed by atoms with Crippen molar-refractivity contribution in [1.29, 1.82) is 0 Å². The van der Waals surface area contributed by atoms with Crippen molar-refractivity contribution in [2.24, 2.45) is 10.7 Å². The Morgan fingerprint density at radius 1 is 1.00 bits per heavy atom. The van der Waals surface area contributed by atoms with Crippen LogP contribution in [-0.2, 0) is 4.79 Å². The summed E-state index contributed by atoms with van der Waals surface area (Å²) >= 11 is 1.61. The van der Waals surface area contributed by atoms with Crippen molar-refractivity contribution in [1.82, 2.24) is 4.90 Å². The van der Waals surface area contributed by atoms with Crippen LogP contribution in [0.15, 0.2) is 76.3 Å². The van der Waals surface area contributed by atoms with E-state index in [1.165, 1.54) is 37.7 Å². The van der Waals surface area contributed by atoms with Crippen LogP contribution in [0.3, 0.4) is 0 Å². The van der Waals surface area contributed by atoms with Crippen molar-refractivity contribution in [3.63, 3.8) is 0 Å². The zero-order valence-electron chi connectivity index (χ0n) is 17.8. The van der Waals surface area contributed by atoms with E-state index in [4.69, 9.17) is 10.7 Å². The first kappa shape index (κ1) is 20.1. The van der Waals surface area contributed by atoms with Crippen molar-refractivity contribution in [2.45, 2.75) is 51.0 Å². The van der Waals surface area contributed by atoms with Gasteiger partial charge in [0, 0.05) is 5.41 Å². The maximum absolute atomic E-state index is 12.4. The van der Waals surface area contributed by atoms with Crippen LogP contribution in [0.2, 0.25) is 0 Å². The molecule has 1 fully saturated rings. The van der Waals surface area contributed by atoms with Gasteiger partial charge in [-0.2, -0.15) is 0 Å². The zero-order chi connectivity index (χ0) is 21.4. The van der Waals surface area contributed by atoms with Gasteiger partial charge in [-0.3, -0.25) is 4.79 Å². The predicted molar refractivity (Wildman–Crippen MR) is 128 cm³/mol. The molecule has 2 aliphatic heterocycles. The molecule has 1 amide bonds. The number of carbonyl (C=O) groups excluding carboxylic acids is 1. The number of benzene rings is 2. The Morgan fingerprint density at radius 2 is 1.71 bits per heavy atom. The Balaban J connectivity index is 1.52. The number of allylic oxidation sites excluding steroid dienone is 1. The molecule has 2 heterocycles. The highest BCUT2D eigenvalue weighted by atomic mass is 32.2. The van der Waals surface area contributed by atoms with Crippen LogP contribution in [-0.4, -0.2) is 16.0 Å². The lowest BCUT2D eigenvalue weighted by Gasteiger charge is -2.36. The van der Waals surface area contributed by atoms with Crippen LogP contribution in [0.5, 0.6) is 0 Å². The maximum atomic E-state index is 12.4. The molecule has 2 aromatic carbocycles. The number of nitrogens with zero attached hydrogens (tertiary/aromatic N) is 2. The van der Waals surface area contributed by atoms with E-state index in [-0.39, 0.29) is 6.04 Å². The number of hydrogen-bond acceptors (Lipinski definition) is 4. The first-order valence-corrected chi connectivity index (χ1v) is 11.9. The fraction of sp³-hybridized carbons (Fsp3) is 0.308. The second-order valence-electron chi connectivity index (χ2n) is 8.52. The first-order valence-electron chi connectivity index (χ1n) is 11.0. The molecule has 1 saturated carbocycles. The Hall–Kier alpha value is -2.79. The molecular formula is C26H27N3OS. The fourth-order valence-corrected chi connectivity index (χ4v) is 5.99. The van der Waals surface area contributed by atoms with Crippen LogP contribution >= 0.6 is 11.8 Å². The number of rotatable bonds is 4. The number of aliphatic imine (C=N–C) groups is 1. The quantitative estimate of drug-likeness (QED) is 0.653. The topological polar surface area (TPSA) is 58.7 Å². The van der Waals surface area contributed by atoms with Crippen molar-refractivity contribution < 1.29 is 4.79 Å². The molecule has 0 radical (unpaired) electrons. The summed E-state index contributed by atoms with van der Waals surface area (Å²) in [4.78, 5) is 19.3.